The second-order valence-corrected chi connectivity index (χ2v) is 11.0. The number of hydrogen-bond acceptors (Lipinski definition) is 5. The van der Waals surface area contributed by atoms with Crippen LogP contribution < -0.4 is 0 Å². The molecule has 1 aliphatic heterocycles. The van der Waals surface area contributed by atoms with Gasteiger partial charge in [0.15, 0.2) is 0 Å². The third-order valence-corrected chi connectivity index (χ3v) is 8.59. The van der Waals surface area contributed by atoms with Crippen molar-refractivity contribution in [1.29, 1.82) is 0 Å². The summed E-state index contributed by atoms with van der Waals surface area (Å²) in [7, 11) is 0. The second kappa shape index (κ2) is 8.13. The summed E-state index contributed by atoms with van der Waals surface area (Å²) in [6.07, 6.45) is 4.90. The van der Waals surface area contributed by atoms with E-state index in [2.05, 4.69) is 17.1 Å². The van der Waals surface area contributed by atoms with Gasteiger partial charge in [-0.1, -0.05) is 29.6 Å². The zero-order valence-electron chi connectivity index (χ0n) is 18.9. The fourth-order valence-electron chi connectivity index (χ4n) is 5.38. The van der Waals surface area contributed by atoms with Crippen molar-refractivity contribution in [1.82, 2.24) is 14.9 Å². The lowest BCUT2D eigenvalue weighted by Gasteiger charge is -2.36. The molecule has 2 fully saturated rings. The molecule has 0 atom stereocenters. The van der Waals surface area contributed by atoms with Crippen LogP contribution in [-0.2, 0) is 16.8 Å². The van der Waals surface area contributed by atoms with Crippen molar-refractivity contribution >= 4 is 27.7 Å². The molecule has 3 heterocycles. The molecule has 0 bridgehead atoms. The molecule has 0 amide bonds. The smallest absolute Gasteiger partial charge is 0.309 e. The van der Waals surface area contributed by atoms with Gasteiger partial charge in [-0.2, -0.15) is 0 Å². The number of allylic oxidation sites excluding steroid dienone is 2. The lowest BCUT2D eigenvalue weighted by Crippen LogP contribution is -2.49. The number of hydrogen-bond donors (Lipinski definition) is 1. The quantitative estimate of drug-likeness (QED) is 0.444. The van der Waals surface area contributed by atoms with Gasteiger partial charge in [0.1, 0.15) is 21.2 Å². The maximum Gasteiger partial charge on any atom is 0.309 e. The van der Waals surface area contributed by atoms with Gasteiger partial charge in [0.2, 0.25) is 5.92 Å². The van der Waals surface area contributed by atoms with Gasteiger partial charge in [-0.3, -0.25) is 9.69 Å². The number of aliphatic carboxylic acids is 1. The van der Waals surface area contributed by atoms with Crippen LogP contribution >= 0.6 is 11.3 Å². The van der Waals surface area contributed by atoms with Gasteiger partial charge < -0.3 is 5.11 Å². The van der Waals surface area contributed by atoms with Crippen LogP contribution in [0.15, 0.2) is 42.5 Å². The summed E-state index contributed by atoms with van der Waals surface area (Å²) in [5.41, 5.74) is 2.37. The summed E-state index contributed by atoms with van der Waals surface area (Å²) in [6.45, 7) is 1.46. The lowest BCUT2D eigenvalue weighted by molar-refractivity contribution is -0.147. The zero-order valence-corrected chi connectivity index (χ0v) is 19.7. The molecule has 1 aromatic carbocycles. The molecule has 1 N–H and O–H groups in total. The number of thiazole rings is 1. The molecular formula is C26H24F3N3O2S. The molecule has 1 saturated heterocycles. The summed E-state index contributed by atoms with van der Waals surface area (Å²) in [5.74, 6) is -3.95. The summed E-state index contributed by atoms with van der Waals surface area (Å²) in [5, 5.41) is 9.55. The van der Waals surface area contributed by atoms with E-state index >= 15 is 0 Å². The first-order valence-electron chi connectivity index (χ1n) is 11.8. The number of fused-ring (bicyclic) bond motifs is 1. The minimum Gasteiger partial charge on any atom is -0.481 e. The van der Waals surface area contributed by atoms with Crippen LogP contribution in [0.4, 0.5) is 13.2 Å². The van der Waals surface area contributed by atoms with Crippen molar-refractivity contribution in [3.05, 3.63) is 59.6 Å². The molecular weight excluding hydrogens is 475 g/mol. The molecule has 5 nitrogen and oxygen atoms in total. The third kappa shape index (κ3) is 4.14. The Balaban J connectivity index is 1.20. The van der Waals surface area contributed by atoms with Crippen LogP contribution in [0, 0.1) is 17.7 Å². The minimum atomic E-state index is -2.56. The van der Waals surface area contributed by atoms with Gasteiger partial charge in [0.05, 0.1) is 17.0 Å². The van der Waals surface area contributed by atoms with Gasteiger partial charge in [-0.05, 0) is 48.6 Å². The van der Waals surface area contributed by atoms with Crippen molar-refractivity contribution < 1.29 is 23.1 Å². The van der Waals surface area contributed by atoms with E-state index in [1.165, 1.54) is 17.4 Å². The van der Waals surface area contributed by atoms with Crippen LogP contribution in [0.5, 0.6) is 0 Å². The lowest BCUT2D eigenvalue weighted by atomic mass is 9.73. The molecule has 6 rings (SSSR count). The summed E-state index contributed by atoms with van der Waals surface area (Å²) in [6, 6.07) is 8.83. The van der Waals surface area contributed by atoms with Gasteiger partial charge in [-0.15, -0.1) is 0 Å². The van der Waals surface area contributed by atoms with E-state index in [1.54, 1.807) is 6.07 Å². The van der Waals surface area contributed by atoms with Crippen molar-refractivity contribution in [3.8, 4) is 10.6 Å². The van der Waals surface area contributed by atoms with Crippen molar-refractivity contribution in [2.45, 2.75) is 43.6 Å². The number of pyridine rings is 1. The van der Waals surface area contributed by atoms with Crippen LogP contribution in [0.1, 0.15) is 36.9 Å². The van der Waals surface area contributed by atoms with E-state index in [9.17, 15) is 18.0 Å². The molecule has 3 aliphatic rings. The Bertz CT molecular complexity index is 1330. The van der Waals surface area contributed by atoms with E-state index in [0.717, 1.165) is 11.3 Å². The highest BCUT2D eigenvalue weighted by molar-refractivity contribution is 7.21. The number of carbonyl (C=O) groups is 1. The topological polar surface area (TPSA) is 66.3 Å². The standard InChI is InChI=1S/C26H24F3N3O2S/c27-19-11-15(12-32-13-16(14-32)24(33)34)1-2-18(19)22-30-20-3-4-21(31-23(20)35-22)25(9-10-25)17-5-7-26(28,29)8-6-17/h1-4,9-11,16-17H,5-8,12-14H2,(H,33,34). The number of carboxylic acid groups (broad SMARTS) is 1. The molecule has 0 spiro atoms. The molecule has 2 aromatic heterocycles. The molecule has 1 saturated carbocycles. The summed E-state index contributed by atoms with van der Waals surface area (Å²) in [4.78, 5) is 23.1. The Morgan fingerprint density at radius 3 is 2.51 bits per heavy atom. The Hall–Kier alpha value is -2.78. The number of halogens is 3. The van der Waals surface area contributed by atoms with Crippen LogP contribution in [-0.4, -0.2) is 45.0 Å². The number of rotatable bonds is 6. The highest BCUT2D eigenvalue weighted by Gasteiger charge is 2.49. The fourth-order valence-corrected chi connectivity index (χ4v) is 6.34. The monoisotopic (exact) mass is 499 g/mol. The van der Waals surface area contributed by atoms with Gasteiger partial charge >= 0.3 is 5.97 Å². The van der Waals surface area contributed by atoms with Crippen molar-refractivity contribution in [3.63, 3.8) is 0 Å². The zero-order chi connectivity index (χ0) is 24.4. The SMILES string of the molecule is O=C(O)C1CN(Cc2ccc(-c3nc4ccc(C5(C6CCC(F)(F)CC6)C=C5)nc4s3)c(F)c2)C1. The Morgan fingerprint density at radius 1 is 1.11 bits per heavy atom. The first-order valence-corrected chi connectivity index (χ1v) is 12.6. The van der Waals surface area contributed by atoms with Crippen molar-refractivity contribution in [2.24, 2.45) is 11.8 Å². The number of carboxylic acids is 1. The molecule has 3 aromatic rings. The maximum atomic E-state index is 15.0. The highest BCUT2D eigenvalue weighted by atomic mass is 32.1. The molecule has 9 heteroatoms. The van der Waals surface area contributed by atoms with Crippen LogP contribution in [0.2, 0.25) is 0 Å². The van der Waals surface area contributed by atoms with Crippen LogP contribution in [0.3, 0.4) is 0 Å². The number of likely N-dealkylation sites (tertiary alicyclic amines) is 1. The third-order valence-electron chi connectivity index (χ3n) is 7.59. The van der Waals surface area contributed by atoms with Gasteiger partial charge in [-0.25, -0.2) is 23.1 Å². The van der Waals surface area contributed by atoms with E-state index in [0.29, 0.717) is 53.4 Å². The fraction of sp³-hybridized carbons (Fsp3) is 0.423. The normalized spacial score (nSPS) is 21.8. The average Bonchev–Trinajstić information content (AvgIpc) is 3.48. The Morgan fingerprint density at radius 2 is 1.86 bits per heavy atom. The largest absolute Gasteiger partial charge is 0.481 e. The summed E-state index contributed by atoms with van der Waals surface area (Å²) >= 11 is 1.32. The summed E-state index contributed by atoms with van der Waals surface area (Å²) < 4.78 is 42.3. The first kappa shape index (κ1) is 22.7. The number of aromatic nitrogens is 2. The molecule has 182 valence electrons. The highest BCUT2D eigenvalue weighted by Crippen LogP contribution is 2.52. The van der Waals surface area contributed by atoms with E-state index in [-0.39, 0.29) is 35.9 Å². The van der Waals surface area contributed by atoms with Crippen LogP contribution in [0.25, 0.3) is 20.9 Å². The number of nitrogens with zero attached hydrogens (tertiary/aromatic N) is 3. The molecule has 0 unspecified atom stereocenters. The van der Waals surface area contributed by atoms with Crippen molar-refractivity contribution in [2.75, 3.05) is 13.1 Å². The minimum absolute atomic E-state index is 0.0821. The van der Waals surface area contributed by atoms with E-state index in [4.69, 9.17) is 10.1 Å². The van der Waals surface area contributed by atoms with Gasteiger partial charge in [0.25, 0.3) is 0 Å². The van der Waals surface area contributed by atoms with E-state index in [1.807, 2.05) is 23.1 Å². The average molecular weight is 500 g/mol. The first-order chi connectivity index (χ1) is 16.7. The maximum absolute atomic E-state index is 15.0. The second-order valence-electron chi connectivity index (χ2n) is 9.98. The predicted molar refractivity (Wildman–Crippen MR) is 127 cm³/mol. The number of benzene rings is 1. The van der Waals surface area contributed by atoms with Gasteiger partial charge in [0, 0.05) is 38.0 Å². The number of alkyl halides is 2. The Labute approximate surface area is 204 Å². The molecule has 35 heavy (non-hydrogen) atoms. The van der Waals surface area contributed by atoms with E-state index < -0.39 is 11.9 Å². The molecule has 2 aliphatic carbocycles. The molecule has 0 radical (unpaired) electrons. The Kier molecular flexibility index (Phi) is 5.27. The predicted octanol–water partition coefficient (Wildman–Crippen LogP) is 5.65.